The second-order valence-corrected chi connectivity index (χ2v) is 5.08. The maximum Gasteiger partial charge on any atom is 0.252 e. The molecule has 6 heteroatoms. The van der Waals surface area contributed by atoms with Gasteiger partial charge >= 0.3 is 0 Å². The first-order valence-corrected chi connectivity index (χ1v) is 6.95. The fraction of sp³-hybridized carbons (Fsp3) is 0.333. The van der Waals surface area contributed by atoms with Crippen molar-refractivity contribution in [2.75, 3.05) is 31.1 Å². The van der Waals surface area contributed by atoms with Crippen LogP contribution in [-0.2, 0) is 4.74 Å². The SMILES string of the molecule is NCC1CN(c2c(C(N)=O)cnc3ccccc23)CCO1. The van der Waals surface area contributed by atoms with Gasteiger partial charge in [0.05, 0.1) is 29.5 Å². The van der Waals surface area contributed by atoms with Gasteiger partial charge in [-0.05, 0) is 6.07 Å². The second-order valence-electron chi connectivity index (χ2n) is 5.08. The van der Waals surface area contributed by atoms with Crippen molar-refractivity contribution in [3.63, 3.8) is 0 Å². The van der Waals surface area contributed by atoms with E-state index >= 15 is 0 Å². The van der Waals surface area contributed by atoms with Crippen molar-refractivity contribution in [2.24, 2.45) is 11.5 Å². The van der Waals surface area contributed by atoms with Crippen LogP contribution in [0.5, 0.6) is 0 Å². The lowest BCUT2D eigenvalue weighted by Gasteiger charge is -2.35. The van der Waals surface area contributed by atoms with Gasteiger partial charge in [-0.3, -0.25) is 9.78 Å². The monoisotopic (exact) mass is 286 g/mol. The van der Waals surface area contributed by atoms with Crippen LogP contribution < -0.4 is 16.4 Å². The van der Waals surface area contributed by atoms with Gasteiger partial charge in [-0.1, -0.05) is 18.2 Å². The van der Waals surface area contributed by atoms with Crippen LogP contribution in [0.3, 0.4) is 0 Å². The van der Waals surface area contributed by atoms with Crippen molar-refractivity contribution in [1.29, 1.82) is 0 Å². The zero-order valence-corrected chi connectivity index (χ0v) is 11.7. The zero-order valence-electron chi connectivity index (χ0n) is 11.7. The number of fused-ring (bicyclic) bond motifs is 1. The minimum atomic E-state index is -0.473. The number of hydrogen-bond acceptors (Lipinski definition) is 5. The van der Waals surface area contributed by atoms with Gasteiger partial charge in [0.15, 0.2) is 0 Å². The molecule has 2 heterocycles. The van der Waals surface area contributed by atoms with Crippen LogP contribution >= 0.6 is 0 Å². The quantitative estimate of drug-likeness (QED) is 0.856. The molecule has 3 rings (SSSR count). The number of pyridine rings is 1. The highest BCUT2D eigenvalue weighted by atomic mass is 16.5. The molecule has 1 aliphatic rings. The van der Waals surface area contributed by atoms with E-state index < -0.39 is 5.91 Å². The first-order valence-electron chi connectivity index (χ1n) is 6.95. The lowest BCUT2D eigenvalue weighted by molar-refractivity contribution is 0.0465. The molecule has 1 atom stereocenters. The van der Waals surface area contributed by atoms with Crippen LogP contribution in [0.15, 0.2) is 30.5 Å². The maximum absolute atomic E-state index is 11.8. The average molecular weight is 286 g/mol. The van der Waals surface area contributed by atoms with Crippen molar-refractivity contribution < 1.29 is 9.53 Å². The van der Waals surface area contributed by atoms with E-state index in [0.717, 1.165) is 16.6 Å². The Morgan fingerprint density at radius 1 is 1.43 bits per heavy atom. The number of primary amides is 1. The van der Waals surface area contributed by atoms with Gasteiger partial charge in [0.1, 0.15) is 0 Å². The highest BCUT2D eigenvalue weighted by Crippen LogP contribution is 2.30. The Kier molecular flexibility index (Phi) is 3.72. The summed E-state index contributed by atoms with van der Waals surface area (Å²) in [5.74, 6) is -0.473. The van der Waals surface area contributed by atoms with Crippen LogP contribution in [0, 0.1) is 0 Å². The Labute approximate surface area is 122 Å². The molecule has 1 saturated heterocycles. The number of nitrogens with two attached hydrogens (primary N) is 2. The van der Waals surface area contributed by atoms with Crippen molar-refractivity contribution in [2.45, 2.75) is 6.10 Å². The highest BCUT2D eigenvalue weighted by Gasteiger charge is 2.24. The molecule has 21 heavy (non-hydrogen) atoms. The minimum absolute atomic E-state index is 0.0357. The number of ether oxygens (including phenoxy) is 1. The van der Waals surface area contributed by atoms with Gasteiger partial charge < -0.3 is 21.1 Å². The molecule has 1 aromatic carbocycles. The van der Waals surface area contributed by atoms with Crippen LogP contribution in [0.1, 0.15) is 10.4 Å². The summed E-state index contributed by atoms with van der Waals surface area (Å²) in [5.41, 5.74) is 13.3. The van der Waals surface area contributed by atoms with Crippen molar-refractivity contribution in [3.8, 4) is 0 Å². The molecule has 1 amide bonds. The molecule has 1 aromatic heterocycles. The fourth-order valence-electron chi connectivity index (χ4n) is 2.71. The number of morpholine rings is 1. The number of carbonyl (C=O) groups is 1. The number of nitrogens with zero attached hydrogens (tertiary/aromatic N) is 2. The number of rotatable bonds is 3. The molecule has 1 aliphatic heterocycles. The van der Waals surface area contributed by atoms with E-state index in [9.17, 15) is 4.79 Å². The third kappa shape index (κ3) is 2.55. The van der Waals surface area contributed by atoms with E-state index in [2.05, 4.69) is 9.88 Å². The predicted octanol–water partition coefficient (Wildman–Crippen LogP) is 0.498. The van der Waals surface area contributed by atoms with Gasteiger partial charge in [-0.2, -0.15) is 0 Å². The molecule has 110 valence electrons. The summed E-state index contributed by atoms with van der Waals surface area (Å²) >= 11 is 0. The van der Waals surface area contributed by atoms with E-state index in [0.29, 0.717) is 31.8 Å². The highest BCUT2D eigenvalue weighted by molar-refractivity contribution is 6.06. The molecule has 0 spiro atoms. The van der Waals surface area contributed by atoms with Crippen LogP contribution in [0.4, 0.5) is 5.69 Å². The van der Waals surface area contributed by atoms with Crippen LogP contribution in [-0.4, -0.2) is 43.2 Å². The predicted molar refractivity (Wildman–Crippen MR) is 81.3 cm³/mol. The van der Waals surface area contributed by atoms with E-state index in [1.807, 2.05) is 24.3 Å². The molecule has 2 aromatic rings. The van der Waals surface area contributed by atoms with E-state index in [1.165, 1.54) is 0 Å². The number of carbonyl (C=O) groups excluding carboxylic acids is 1. The summed E-state index contributed by atoms with van der Waals surface area (Å²) in [6.45, 7) is 2.37. The Hall–Kier alpha value is -2.18. The number of para-hydroxylation sites is 1. The third-order valence-electron chi connectivity index (χ3n) is 3.73. The summed E-state index contributed by atoms with van der Waals surface area (Å²) in [5, 5.41) is 0.923. The van der Waals surface area contributed by atoms with Gasteiger partial charge in [0.25, 0.3) is 5.91 Å². The van der Waals surface area contributed by atoms with Crippen LogP contribution in [0.25, 0.3) is 10.9 Å². The molecule has 1 unspecified atom stereocenters. The molecule has 0 saturated carbocycles. The molecular formula is C15H18N4O2. The Bertz CT molecular complexity index is 674. The van der Waals surface area contributed by atoms with Gasteiger partial charge in [-0.25, -0.2) is 0 Å². The summed E-state index contributed by atoms with van der Waals surface area (Å²) < 4.78 is 5.59. The Morgan fingerprint density at radius 2 is 2.24 bits per heavy atom. The van der Waals surface area contributed by atoms with Gasteiger partial charge in [0, 0.05) is 31.2 Å². The molecule has 0 bridgehead atoms. The lowest BCUT2D eigenvalue weighted by Crippen LogP contribution is -2.46. The zero-order chi connectivity index (χ0) is 14.8. The van der Waals surface area contributed by atoms with E-state index in [-0.39, 0.29) is 6.10 Å². The number of anilines is 1. The van der Waals surface area contributed by atoms with Gasteiger partial charge in [-0.15, -0.1) is 0 Å². The average Bonchev–Trinajstić information content (AvgIpc) is 2.53. The Balaban J connectivity index is 2.14. The van der Waals surface area contributed by atoms with Crippen LogP contribution in [0.2, 0.25) is 0 Å². The normalized spacial score (nSPS) is 18.9. The van der Waals surface area contributed by atoms with Crippen molar-refractivity contribution in [3.05, 3.63) is 36.0 Å². The summed E-state index contributed by atoms with van der Waals surface area (Å²) in [6, 6.07) is 7.73. The summed E-state index contributed by atoms with van der Waals surface area (Å²) in [6.07, 6.45) is 1.51. The first-order chi connectivity index (χ1) is 10.2. The second kappa shape index (κ2) is 5.67. The first kappa shape index (κ1) is 13.8. The number of aromatic nitrogens is 1. The van der Waals surface area contributed by atoms with Crippen molar-refractivity contribution >= 4 is 22.5 Å². The van der Waals surface area contributed by atoms with E-state index in [4.69, 9.17) is 16.2 Å². The molecule has 4 N–H and O–H groups in total. The third-order valence-corrected chi connectivity index (χ3v) is 3.73. The topological polar surface area (TPSA) is 94.5 Å². The number of hydrogen-bond donors (Lipinski definition) is 2. The number of amides is 1. The molecular weight excluding hydrogens is 268 g/mol. The van der Waals surface area contributed by atoms with Crippen molar-refractivity contribution in [1.82, 2.24) is 4.98 Å². The Morgan fingerprint density at radius 3 is 3.00 bits per heavy atom. The standard InChI is InChI=1S/C15H18N4O2/c16-7-10-9-19(5-6-21-10)14-11-3-1-2-4-13(11)18-8-12(14)15(17)20/h1-4,8,10H,5-7,9,16H2,(H2,17,20). The number of benzene rings is 1. The molecule has 1 fully saturated rings. The minimum Gasteiger partial charge on any atom is -0.373 e. The molecule has 0 radical (unpaired) electrons. The summed E-state index contributed by atoms with van der Waals surface area (Å²) in [4.78, 5) is 18.2. The van der Waals surface area contributed by atoms with Gasteiger partial charge in [0.2, 0.25) is 0 Å². The fourth-order valence-corrected chi connectivity index (χ4v) is 2.71. The lowest BCUT2D eigenvalue weighted by atomic mass is 10.1. The maximum atomic E-state index is 11.8. The summed E-state index contributed by atoms with van der Waals surface area (Å²) in [7, 11) is 0. The smallest absolute Gasteiger partial charge is 0.252 e. The van der Waals surface area contributed by atoms with E-state index in [1.54, 1.807) is 6.20 Å². The largest absolute Gasteiger partial charge is 0.373 e. The molecule has 0 aliphatic carbocycles. The molecule has 6 nitrogen and oxygen atoms in total.